The summed E-state index contributed by atoms with van der Waals surface area (Å²) in [7, 11) is 5.25. The standard InChI is InChI=1S/C21H26N2O3/c1-15(21(24)23-12-11-16-7-5-6-8-19(16)23)22(2)14-17-9-10-18(25-3)13-20(17)26-4/h5-10,13,15H,11-12,14H2,1-4H3/t15-/m1/s1. The first kappa shape index (κ1) is 18.3. The van der Waals surface area contributed by atoms with Gasteiger partial charge in [0.25, 0.3) is 0 Å². The summed E-state index contributed by atoms with van der Waals surface area (Å²) in [5.41, 5.74) is 3.31. The van der Waals surface area contributed by atoms with Crippen LogP contribution in [0.1, 0.15) is 18.1 Å². The highest BCUT2D eigenvalue weighted by molar-refractivity contribution is 5.98. The maximum Gasteiger partial charge on any atom is 0.244 e. The normalized spacial score (nSPS) is 14.3. The van der Waals surface area contributed by atoms with Crippen LogP contribution < -0.4 is 14.4 Å². The number of hydrogen-bond donors (Lipinski definition) is 0. The first-order valence-electron chi connectivity index (χ1n) is 8.85. The molecule has 1 heterocycles. The van der Waals surface area contributed by atoms with E-state index in [0.29, 0.717) is 6.54 Å². The summed E-state index contributed by atoms with van der Waals surface area (Å²) in [5.74, 6) is 1.65. The molecule has 0 bridgehead atoms. The van der Waals surface area contributed by atoms with Gasteiger partial charge >= 0.3 is 0 Å². The minimum Gasteiger partial charge on any atom is -0.497 e. The second-order valence-corrected chi connectivity index (χ2v) is 6.64. The number of ether oxygens (including phenoxy) is 2. The van der Waals surface area contributed by atoms with Gasteiger partial charge in [-0.15, -0.1) is 0 Å². The molecule has 138 valence electrons. The quantitative estimate of drug-likeness (QED) is 0.799. The molecule has 5 nitrogen and oxygen atoms in total. The Morgan fingerprint density at radius 3 is 2.69 bits per heavy atom. The van der Waals surface area contributed by atoms with Crippen molar-refractivity contribution in [2.45, 2.75) is 25.9 Å². The van der Waals surface area contributed by atoms with E-state index in [0.717, 1.165) is 35.7 Å². The molecule has 1 aliphatic rings. The van der Waals surface area contributed by atoms with Crippen molar-refractivity contribution in [3.63, 3.8) is 0 Å². The summed E-state index contributed by atoms with van der Waals surface area (Å²) in [4.78, 5) is 17.0. The molecular weight excluding hydrogens is 328 g/mol. The molecule has 26 heavy (non-hydrogen) atoms. The van der Waals surface area contributed by atoms with Gasteiger partial charge in [0.1, 0.15) is 11.5 Å². The van der Waals surface area contributed by atoms with E-state index in [9.17, 15) is 4.79 Å². The number of likely N-dealkylation sites (N-methyl/N-ethyl adjacent to an activating group) is 1. The summed E-state index contributed by atoms with van der Waals surface area (Å²) in [6.45, 7) is 3.33. The molecule has 2 aromatic carbocycles. The number of amides is 1. The fourth-order valence-electron chi connectivity index (χ4n) is 3.37. The van der Waals surface area contributed by atoms with Crippen LogP contribution in [0.3, 0.4) is 0 Å². The van der Waals surface area contributed by atoms with Crippen LogP contribution in [0.4, 0.5) is 5.69 Å². The number of carbonyl (C=O) groups is 1. The molecule has 2 aromatic rings. The third kappa shape index (κ3) is 3.53. The van der Waals surface area contributed by atoms with Crippen molar-refractivity contribution in [3.05, 3.63) is 53.6 Å². The molecule has 0 aliphatic carbocycles. The molecule has 0 N–H and O–H groups in total. The Hall–Kier alpha value is -2.53. The molecular formula is C21H26N2O3. The zero-order chi connectivity index (χ0) is 18.7. The number of para-hydroxylation sites is 1. The first-order chi connectivity index (χ1) is 12.5. The minimum atomic E-state index is -0.229. The van der Waals surface area contributed by atoms with Crippen LogP contribution in [0.2, 0.25) is 0 Å². The molecule has 0 saturated carbocycles. The highest BCUT2D eigenvalue weighted by atomic mass is 16.5. The summed E-state index contributed by atoms with van der Waals surface area (Å²) in [6.07, 6.45) is 0.921. The van der Waals surface area contributed by atoms with Crippen molar-refractivity contribution in [2.24, 2.45) is 0 Å². The largest absolute Gasteiger partial charge is 0.497 e. The Balaban J connectivity index is 1.72. The Bertz CT molecular complexity index is 791. The second-order valence-electron chi connectivity index (χ2n) is 6.64. The number of nitrogens with zero attached hydrogens (tertiary/aromatic N) is 2. The highest BCUT2D eigenvalue weighted by Gasteiger charge is 2.29. The van der Waals surface area contributed by atoms with E-state index < -0.39 is 0 Å². The lowest BCUT2D eigenvalue weighted by Gasteiger charge is -2.29. The first-order valence-corrected chi connectivity index (χ1v) is 8.85. The fourth-order valence-corrected chi connectivity index (χ4v) is 3.37. The number of anilines is 1. The molecule has 1 amide bonds. The Morgan fingerprint density at radius 2 is 1.96 bits per heavy atom. The van der Waals surface area contributed by atoms with Gasteiger partial charge < -0.3 is 14.4 Å². The van der Waals surface area contributed by atoms with Crippen LogP contribution in [0.5, 0.6) is 11.5 Å². The lowest BCUT2D eigenvalue weighted by atomic mass is 10.1. The summed E-state index contributed by atoms with van der Waals surface area (Å²) in [6, 6.07) is 13.7. The predicted molar refractivity (Wildman–Crippen MR) is 103 cm³/mol. The van der Waals surface area contributed by atoms with E-state index in [1.165, 1.54) is 5.56 Å². The van der Waals surface area contributed by atoms with Gasteiger partial charge in [0.2, 0.25) is 5.91 Å². The molecule has 0 aromatic heterocycles. The third-order valence-electron chi connectivity index (χ3n) is 5.09. The number of fused-ring (bicyclic) bond motifs is 1. The number of carbonyl (C=O) groups excluding carboxylic acids is 1. The molecule has 0 radical (unpaired) electrons. The maximum absolute atomic E-state index is 13.0. The van der Waals surface area contributed by atoms with Crippen LogP contribution in [0, 0.1) is 0 Å². The lowest BCUT2D eigenvalue weighted by molar-refractivity contribution is -0.122. The van der Waals surface area contributed by atoms with Gasteiger partial charge in [0.15, 0.2) is 0 Å². The molecule has 3 rings (SSSR count). The molecule has 0 saturated heterocycles. The zero-order valence-corrected chi connectivity index (χ0v) is 15.9. The molecule has 0 unspecified atom stereocenters. The van der Waals surface area contributed by atoms with E-state index >= 15 is 0 Å². The number of methoxy groups -OCH3 is 2. The van der Waals surface area contributed by atoms with E-state index in [1.54, 1.807) is 14.2 Å². The Labute approximate surface area is 155 Å². The molecule has 5 heteroatoms. The average Bonchev–Trinajstić information content (AvgIpc) is 3.11. The smallest absolute Gasteiger partial charge is 0.244 e. The van der Waals surface area contributed by atoms with Gasteiger partial charge in [-0.05, 0) is 38.1 Å². The van der Waals surface area contributed by atoms with Crippen molar-refractivity contribution < 1.29 is 14.3 Å². The van der Waals surface area contributed by atoms with Gasteiger partial charge in [-0.1, -0.05) is 24.3 Å². The maximum atomic E-state index is 13.0. The monoisotopic (exact) mass is 354 g/mol. The predicted octanol–water partition coefficient (Wildman–Crippen LogP) is 3.11. The van der Waals surface area contributed by atoms with Crippen LogP contribution in [0.25, 0.3) is 0 Å². The van der Waals surface area contributed by atoms with Gasteiger partial charge in [0.05, 0.1) is 20.3 Å². The molecule has 0 spiro atoms. The van der Waals surface area contributed by atoms with Crippen molar-refractivity contribution >= 4 is 11.6 Å². The summed E-state index contributed by atoms with van der Waals surface area (Å²) in [5, 5.41) is 0. The van der Waals surface area contributed by atoms with E-state index in [1.807, 2.05) is 60.2 Å². The summed E-state index contributed by atoms with van der Waals surface area (Å²) < 4.78 is 10.7. The van der Waals surface area contributed by atoms with Crippen LogP contribution in [0.15, 0.2) is 42.5 Å². The fraction of sp³-hybridized carbons (Fsp3) is 0.381. The number of rotatable bonds is 6. The third-order valence-corrected chi connectivity index (χ3v) is 5.09. The van der Waals surface area contributed by atoms with Crippen molar-refractivity contribution in [1.82, 2.24) is 4.90 Å². The molecule has 1 aliphatic heterocycles. The summed E-state index contributed by atoms with van der Waals surface area (Å²) >= 11 is 0. The number of hydrogen-bond acceptors (Lipinski definition) is 4. The van der Waals surface area contributed by atoms with Crippen LogP contribution >= 0.6 is 0 Å². The van der Waals surface area contributed by atoms with Crippen molar-refractivity contribution in [2.75, 3.05) is 32.7 Å². The second kappa shape index (κ2) is 7.79. The van der Waals surface area contributed by atoms with Crippen LogP contribution in [-0.2, 0) is 17.8 Å². The van der Waals surface area contributed by atoms with Gasteiger partial charge in [-0.25, -0.2) is 0 Å². The topological polar surface area (TPSA) is 42.0 Å². The molecule has 1 atom stereocenters. The minimum absolute atomic E-state index is 0.130. The van der Waals surface area contributed by atoms with Crippen molar-refractivity contribution in [1.29, 1.82) is 0 Å². The van der Waals surface area contributed by atoms with Crippen LogP contribution in [-0.4, -0.2) is 44.7 Å². The highest BCUT2D eigenvalue weighted by Crippen LogP contribution is 2.29. The molecule has 0 fully saturated rings. The van der Waals surface area contributed by atoms with Crippen molar-refractivity contribution in [3.8, 4) is 11.5 Å². The van der Waals surface area contributed by atoms with E-state index in [4.69, 9.17) is 9.47 Å². The van der Waals surface area contributed by atoms with Gasteiger partial charge in [-0.3, -0.25) is 9.69 Å². The van der Waals surface area contributed by atoms with E-state index in [2.05, 4.69) is 6.07 Å². The Kier molecular flexibility index (Phi) is 5.47. The Morgan fingerprint density at radius 1 is 1.19 bits per heavy atom. The van der Waals surface area contributed by atoms with Gasteiger partial charge in [-0.2, -0.15) is 0 Å². The average molecular weight is 354 g/mol. The number of benzene rings is 2. The zero-order valence-electron chi connectivity index (χ0n) is 15.9. The van der Waals surface area contributed by atoms with Gasteiger partial charge in [0, 0.05) is 30.4 Å². The SMILES string of the molecule is COc1ccc(CN(C)[C@H](C)C(=O)N2CCc3ccccc32)c(OC)c1. The lowest BCUT2D eigenvalue weighted by Crippen LogP contribution is -2.45. The van der Waals surface area contributed by atoms with E-state index in [-0.39, 0.29) is 11.9 Å².